The van der Waals surface area contributed by atoms with Gasteiger partial charge in [-0.2, -0.15) is 0 Å². The summed E-state index contributed by atoms with van der Waals surface area (Å²) in [5, 5.41) is 0. The van der Waals surface area contributed by atoms with Crippen LogP contribution < -0.4 is 0 Å². The molecule has 0 saturated heterocycles. The normalized spacial score (nSPS) is 10.9. The molecule has 0 radical (unpaired) electrons. The molecule has 13 heavy (non-hydrogen) atoms. The first-order chi connectivity index (χ1) is 6.31. The molecule has 0 aliphatic carbocycles. The molecule has 1 aromatic heterocycles. The van der Waals surface area contributed by atoms with Gasteiger partial charge in [0.25, 0.3) is 0 Å². The average molecular weight is 174 g/mol. The summed E-state index contributed by atoms with van der Waals surface area (Å²) in [6.07, 6.45) is 2.17. The highest BCUT2D eigenvalue weighted by atomic mass is 14.9. The van der Waals surface area contributed by atoms with Gasteiger partial charge in [-0.05, 0) is 25.0 Å². The second-order valence-corrected chi connectivity index (χ2v) is 3.40. The number of nitrogens with one attached hydrogen (secondary N) is 1. The first-order valence-corrected chi connectivity index (χ1v) is 4.75. The molecule has 0 spiro atoms. The summed E-state index contributed by atoms with van der Waals surface area (Å²) in [7, 11) is 0. The number of aromatic amines is 1. The van der Waals surface area contributed by atoms with E-state index in [9.17, 15) is 0 Å². The number of benzene rings is 1. The summed E-state index contributed by atoms with van der Waals surface area (Å²) in [5.74, 6) is 1.10. The van der Waals surface area contributed by atoms with Gasteiger partial charge in [0, 0.05) is 6.42 Å². The number of imidazole rings is 1. The molecular formula is C11H14N2. The number of hydrogen-bond donors (Lipinski definition) is 1. The summed E-state index contributed by atoms with van der Waals surface area (Å²) in [6.45, 7) is 4.26. The van der Waals surface area contributed by atoms with E-state index in [2.05, 4.69) is 42.0 Å². The first-order valence-electron chi connectivity index (χ1n) is 4.75. The Bertz CT molecular complexity index is 415. The smallest absolute Gasteiger partial charge is 0.107 e. The van der Waals surface area contributed by atoms with Crippen LogP contribution in [-0.4, -0.2) is 9.97 Å². The van der Waals surface area contributed by atoms with Crippen LogP contribution in [0.15, 0.2) is 18.2 Å². The lowest BCUT2D eigenvalue weighted by molar-refractivity contribution is 0.861. The Balaban J connectivity index is 2.55. The molecule has 0 saturated carbocycles. The third-order valence-corrected chi connectivity index (χ3v) is 2.25. The number of aryl methyl sites for hydroxylation is 2. The van der Waals surface area contributed by atoms with Crippen molar-refractivity contribution in [1.82, 2.24) is 9.97 Å². The molecule has 0 amide bonds. The number of aromatic nitrogens is 2. The summed E-state index contributed by atoms with van der Waals surface area (Å²) in [5.41, 5.74) is 3.52. The Labute approximate surface area is 78.0 Å². The van der Waals surface area contributed by atoms with E-state index >= 15 is 0 Å². The Morgan fingerprint density at radius 3 is 2.92 bits per heavy atom. The van der Waals surface area contributed by atoms with Gasteiger partial charge in [0.05, 0.1) is 11.0 Å². The molecule has 0 bridgehead atoms. The van der Waals surface area contributed by atoms with E-state index in [0.717, 1.165) is 29.7 Å². The van der Waals surface area contributed by atoms with Crippen molar-refractivity contribution in [2.24, 2.45) is 0 Å². The molecule has 0 aliphatic rings. The van der Waals surface area contributed by atoms with Gasteiger partial charge in [0.1, 0.15) is 5.82 Å². The molecule has 2 rings (SSSR count). The van der Waals surface area contributed by atoms with Crippen LogP contribution in [0.2, 0.25) is 0 Å². The number of hydrogen-bond acceptors (Lipinski definition) is 1. The molecule has 1 heterocycles. The predicted octanol–water partition coefficient (Wildman–Crippen LogP) is 2.82. The molecule has 68 valence electrons. The highest BCUT2D eigenvalue weighted by Gasteiger charge is 2.02. The van der Waals surface area contributed by atoms with E-state index in [1.165, 1.54) is 5.56 Å². The van der Waals surface area contributed by atoms with Gasteiger partial charge in [0.2, 0.25) is 0 Å². The lowest BCUT2D eigenvalue weighted by Crippen LogP contribution is -1.84. The summed E-state index contributed by atoms with van der Waals surface area (Å²) in [4.78, 5) is 7.87. The quantitative estimate of drug-likeness (QED) is 0.745. The fourth-order valence-corrected chi connectivity index (χ4v) is 1.58. The molecule has 2 nitrogen and oxygen atoms in total. The Hall–Kier alpha value is -1.31. The zero-order valence-electron chi connectivity index (χ0n) is 8.09. The Morgan fingerprint density at radius 1 is 1.38 bits per heavy atom. The van der Waals surface area contributed by atoms with E-state index in [0.29, 0.717) is 0 Å². The van der Waals surface area contributed by atoms with Gasteiger partial charge in [-0.3, -0.25) is 0 Å². The molecule has 0 unspecified atom stereocenters. The third-order valence-electron chi connectivity index (χ3n) is 2.25. The third kappa shape index (κ3) is 1.44. The van der Waals surface area contributed by atoms with Crippen molar-refractivity contribution in [3.05, 3.63) is 29.6 Å². The summed E-state index contributed by atoms with van der Waals surface area (Å²) >= 11 is 0. The zero-order valence-corrected chi connectivity index (χ0v) is 8.09. The number of fused-ring (bicyclic) bond motifs is 1. The molecule has 0 aliphatic heterocycles. The predicted molar refractivity (Wildman–Crippen MR) is 54.8 cm³/mol. The number of para-hydroxylation sites is 1. The van der Waals surface area contributed by atoms with Crippen molar-refractivity contribution in [2.75, 3.05) is 0 Å². The number of H-pyrrole nitrogens is 1. The largest absolute Gasteiger partial charge is 0.342 e. The van der Waals surface area contributed by atoms with Gasteiger partial charge in [-0.1, -0.05) is 19.1 Å². The van der Waals surface area contributed by atoms with Crippen molar-refractivity contribution in [2.45, 2.75) is 26.7 Å². The van der Waals surface area contributed by atoms with Gasteiger partial charge in [-0.25, -0.2) is 4.98 Å². The standard InChI is InChI=1S/C11H14N2/c1-3-5-10-12-9-7-4-6-8(2)11(9)13-10/h4,6-7H,3,5H2,1-2H3,(H,12,13). The molecule has 1 aromatic carbocycles. The van der Waals surface area contributed by atoms with Crippen LogP contribution in [-0.2, 0) is 6.42 Å². The van der Waals surface area contributed by atoms with E-state index in [1.807, 2.05) is 0 Å². The SMILES string of the molecule is CCCc1nc2c(C)cccc2[nH]1. The molecule has 2 aromatic rings. The first kappa shape index (κ1) is 8.30. The number of rotatable bonds is 2. The lowest BCUT2D eigenvalue weighted by atomic mass is 10.2. The van der Waals surface area contributed by atoms with Crippen LogP contribution in [0.1, 0.15) is 24.7 Å². The fraction of sp³-hybridized carbons (Fsp3) is 0.364. The minimum absolute atomic E-state index is 1.04. The molecule has 0 fully saturated rings. The van der Waals surface area contributed by atoms with Crippen molar-refractivity contribution >= 4 is 11.0 Å². The van der Waals surface area contributed by atoms with Crippen molar-refractivity contribution in [3.63, 3.8) is 0 Å². The lowest BCUT2D eigenvalue weighted by Gasteiger charge is -1.90. The maximum absolute atomic E-state index is 4.55. The number of nitrogens with zero attached hydrogens (tertiary/aromatic N) is 1. The monoisotopic (exact) mass is 174 g/mol. The van der Waals surface area contributed by atoms with Gasteiger partial charge in [-0.15, -0.1) is 0 Å². The second kappa shape index (κ2) is 3.21. The summed E-state index contributed by atoms with van der Waals surface area (Å²) < 4.78 is 0. The topological polar surface area (TPSA) is 28.7 Å². The molecular weight excluding hydrogens is 160 g/mol. The highest BCUT2D eigenvalue weighted by molar-refractivity contribution is 5.78. The molecule has 0 atom stereocenters. The van der Waals surface area contributed by atoms with Crippen LogP contribution in [0.5, 0.6) is 0 Å². The van der Waals surface area contributed by atoms with Crippen LogP contribution in [0, 0.1) is 6.92 Å². The highest BCUT2D eigenvalue weighted by Crippen LogP contribution is 2.15. The maximum Gasteiger partial charge on any atom is 0.107 e. The Kier molecular flexibility index (Phi) is 2.05. The second-order valence-electron chi connectivity index (χ2n) is 3.40. The van der Waals surface area contributed by atoms with Gasteiger partial charge < -0.3 is 4.98 Å². The van der Waals surface area contributed by atoms with E-state index in [4.69, 9.17) is 0 Å². The van der Waals surface area contributed by atoms with E-state index < -0.39 is 0 Å². The van der Waals surface area contributed by atoms with E-state index in [1.54, 1.807) is 0 Å². The summed E-state index contributed by atoms with van der Waals surface area (Å²) in [6, 6.07) is 6.24. The average Bonchev–Trinajstić information content (AvgIpc) is 2.49. The van der Waals surface area contributed by atoms with Crippen LogP contribution in [0.25, 0.3) is 11.0 Å². The van der Waals surface area contributed by atoms with Crippen molar-refractivity contribution < 1.29 is 0 Å². The van der Waals surface area contributed by atoms with E-state index in [-0.39, 0.29) is 0 Å². The Morgan fingerprint density at radius 2 is 2.23 bits per heavy atom. The molecule has 1 N–H and O–H groups in total. The van der Waals surface area contributed by atoms with Crippen LogP contribution in [0.4, 0.5) is 0 Å². The van der Waals surface area contributed by atoms with Crippen molar-refractivity contribution in [1.29, 1.82) is 0 Å². The van der Waals surface area contributed by atoms with Gasteiger partial charge in [0.15, 0.2) is 0 Å². The zero-order chi connectivity index (χ0) is 9.26. The van der Waals surface area contributed by atoms with Gasteiger partial charge >= 0.3 is 0 Å². The minimum Gasteiger partial charge on any atom is -0.342 e. The fourth-order valence-electron chi connectivity index (χ4n) is 1.58. The van der Waals surface area contributed by atoms with Crippen LogP contribution in [0.3, 0.4) is 0 Å². The maximum atomic E-state index is 4.55. The molecule has 2 heteroatoms. The van der Waals surface area contributed by atoms with Crippen LogP contribution >= 0.6 is 0 Å². The minimum atomic E-state index is 1.04. The van der Waals surface area contributed by atoms with Crippen molar-refractivity contribution in [3.8, 4) is 0 Å².